The third-order valence-electron chi connectivity index (χ3n) is 1.95. The Morgan fingerprint density at radius 3 is 2.73 bits per heavy atom. The summed E-state index contributed by atoms with van der Waals surface area (Å²) in [5, 5.41) is 27.2. The van der Waals surface area contributed by atoms with Crippen LogP contribution in [0.15, 0.2) is 18.2 Å². The van der Waals surface area contributed by atoms with Gasteiger partial charge in [-0.25, -0.2) is 4.79 Å². The number of carboxylic acids is 1. The van der Waals surface area contributed by atoms with Gasteiger partial charge in [-0.05, 0) is 17.2 Å². The lowest BCUT2D eigenvalue weighted by atomic mass is 10.0. The summed E-state index contributed by atoms with van der Waals surface area (Å²) >= 11 is 3.21. The number of alkyl halides is 1. The molecule has 0 bridgehead atoms. The molecule has 0 aromatic heterocycles. The average Bonchev–Trinajstić information content (AvgIpc) is 2.26. The zero-order chi connectivity index (χ0) is 11.4. The number of benzene rings is 1. The van der Waals surface area contributed by atoms with Gasteiger partial charge < -0.3 is 10.2 Å². The van der Waals surface area contributed by atoms with Crippen LogP contribution in [0.3, 0.4) is 0 Å². The first-order chi connectivity index (χ1) is 7.10. The van der Waals surface area contributed by atoms with Gasteiger partial charge in [0, 0.05) is 5.33 Å². The van der Waals surface area contributed by atoms with Crippen molar-refractivity contribution in [1.29, 1.82) is 5.26 Å². The van der Waals surface area contributed by atoms with Crippen LogP contribution in [-0.2, 0) is 10.1 Å². The monoisotopic (exact) mass is 269 g/mol. The molecule has 1 unspecified atom stereocenters. The van der Waals surface area contributed by atoms with Gasteiger partial charge in [-0.1, -0.05) is 28.1 Å². The van der Waals surface area contributed by atoms with Crippen LogP contribution in [0.25, 0.3) is 0 Å². The summed E-state index contributed by atoms with van der Waals surface area (Å²) in [5.74, 6) is -1.33. The first kappa shape index (κ1) is 11.7. The van der Waals surface area contributed by atoms with E-state index in [0.717, 1.165) is 5.56 Å². The minimum absolute atomic E-state index is 0.212. The number of rotatable bonds is 3. The van der Waals surface area contributed by atoms with Gasteiger partial charge in [0.15, 0.2) is 6.10 Å². The molecule has 1 aromatic carbocycles. The van der Waals surface area contributed by atoms with Gasteiger partial charge in [0.25, 0.3) is 0 Å². The number of carboxylic acid groups (broad SMARTS) is 1. The molecule has 0 amide bonds. The van der Waals surface area contributed by atoms with Gasteiger partial charge in [0.1, 0.15) is 0 Å². The van der Waals surface area contributed by atoms with Gasteiger partial charge in [-0.3, -0.25) is 0 Å². The summed E-state index contributed by atoms with van der Waals surface area (Å²) in [7, 11) is 0. The Kier molecular flexibility index (Phi) is 3.83. The van der Waals surface area contributed by atoms with Crippen molar-refractivity contribution in [2.75, 3.05) is 0 Å². The second-order valence-electron chi connectivity index (χ2n) is 2.90. The zero-order valence-corrected chi connectivity index (χ0v) is 9.23. The van der Waals surface area contributed by atoms with Crippen molar-refractivity contribution in [2.45, 2.75) is 11.4 Å². The molecule has 1 atom stereocenters. The summed E-state index contributed by atoms with van der Waals surface area (Å²) < 4.78 is 0. The summed E-state index contributed by atoms with van der Waals surface area (Å²) in [6, 6.07) is 6.45. The Hall–Kier alpha value is -1.38. The Morgan fingerprint density at radius 2 is 2.27 bits per heavy atom. The molecule has 2 N–H and O–H groups in total. The molecule has 1 aromatic rings. The number of nitriles is 1. The van der Waals surface area contributed by atoms with Crippen molar-refractivity contribution in [3.63, 3.8) is 0 Å². The second kappa shape index (κ2) is 4.91. The molecule has 0 aliphatic rings. The minimum Gasteiger partial charge on any atom is -0.479 e. The summed E-state index contributed by atoms with van der Waals surface area (Å²) in [4.78, 5) is 10.5. The van der Waals surface area contributed by atoms with E-state index >= 15 is 0 Å². The van der Waals surface area contributed by atoms with E-state index in [2.05, 4.69) is 15.9 Å². The second-order valence-corrected chi connectivity index (χ2v) is 3.46. The normalized spacial score (nSPS) is 11.8. The number of aliphatic hydroxyl groups is 1. The maximum absolute atomic E-state index is 10.5. The van der Waals surface area contributed by atoms with Crippen LogP contribution in [0.2, 0.25) is 0 Å². The van der Waals surface area contributed by atoms with Crippen molar-refractivity contribution >= 4 is 21.9 Å². The topological polar surface area (TPSA) is 81.3 Å². The highest BCUT2D eigenvalue weighted by Crippen LogP contribution is 2.19. The van der Waals surface area contributed by atoms with E-state index in [1.807, 2.05) is 6.07 Å². The van der Waals surface area contributed by atoms with Crippen molar-refractivity contribution in [3.8, 4) is 6.07 Å². The number of hydrogen-bond donors (Lipinski definition) is 2. The van der Waals surface area contributed by atoms with Gasteiger partial charge in [0.2, 0.25) is 0 Å². The van der Waals surface area contributed by atoms with Crippen LogP contribution in [0, 0.1) is 11.3 Å². The molecule has 0 saturated heterocycles. The summed E-state index contributed by atoms with van der Waals surface area (Å²) in [6.07, 6.45) is -1.58. The first-order valence-corrected chi connectivity index (χ1v) is 5.22. The number of aliphatic carboxylic acids is 1. The van der Waals surface area contributed by atoms with E-state index in [1.165, 1.54) is 12.1 Å². The first-order valence-electron chi connectivity index (χ1n) is 4.10. The fourth-order valence-corrected chi connectivity index (χ4v) is 1.62. The lowest BCUT2D eigenvalue weighted by Crippen LogP contribution is -2.10. The van der Waals surface area contributed by atoms with E-state index in [-0.39, 0.29) is 5.56 Å². The van der Waals surface area contributed by atoms with E-state index in [1.54, 1.807) is 6.07 Å². The molecule has 15 heavy (non-hydrogen) atoms. The smallest absolute Gasteiger partial charge is 0.337 e. The third kappa shape index (κ3) is 2.55. The molecule has 78 valence electrons. The molecule has 0 aliphatic carbocycles. The Morgan fingerprint density at radius 1 is 1.60 bits per heavy atom. The van der Waals surface area contributed by atoms with Crippen LogP contribution >= 0.6 is 15.9 Å². The van der Waals surface area contributed by atoms with E-state index in [4.69, 9.17) is 10.4 Å². The predicted molar refractivity (Wildman–Crippen MR) is 56.4 cm³/mol. The Bertz CT molecular complexity index is 425. The molecule has 0 saturated carbocycles. The fraction of sp³-hybridized carbons (Fsp3) is 0.200. The third-order valence-corrected chi connectivity index (χ3v) is 2.55. The van der Waals surface area contributed by atoms with Gasteiger partial charge in [-0.15, -0.1) is 0 Å². The molecule has 0 heterocycles. The van der Waals surface area contributed by atoms with E-state index < -0.39 is 12.1 Å². The lowest BCUT2D eigenvalue weighted by Gasteiger charge is -2.07. The highest BCUT2D eigenvalue weighted by atomic mass is 79.9. The number of carbonyl (C=O) groups is 1. The number of aliphatic hydroxyl groups excluding tert-OH is 1. The highest BCUT2D eigenvalue weighted by molar-refractivity contribution is 9.08. The quantitative estimate of drug-likeness (QED) is 0.817. The van der Waals surface area contributed by atoms with Crippen molar-refractivity contribution < 1.29 is 15.0 Å². The SMILES string of the molecule is N#Cc1cc(C(O)C(=O)O)ccc1CBr. The largest absolute Gasteiger partial charge is 0.479 e. The predicted octanol–water partition coefficient (Wildman–Crippen LogP) is 1.57. The van der Waals surface area contributed by atoms with Gasteiger partial charge in [-0.2, -0.15) is 5.26 Å². The maximum atomic E-state index is 10.5. The number of hydrogen-bond acceptors (Lipinski definition) is 3. The molecule has 1 rings (SSSR count). The fourth-order valence-electron chi connectivity index (χ4n) is 1.13. The van der Waals surface area contributed by atoms with Crippen molar-refractivity contribution in [1.82, 2.24) is 0 Å². The standard InChI is InChI=1S/C10H8BrNO3/c11-4-7-2-1-6(3-8(7)5-12)9(13)10(14)15/h1-3,9,13H,4H2,(H,14,15). The van der Waals surface area contributed by atoms with E-state index in [9.17, 15) is 9.90 Å². The molecule has 5 heteroatoms. The summed E-state index contributed by atoms with van der Waals surface area (Å²) in [6.45, 7) is 0. The van der Waals surface area contributed by atoms with Crippen LogP contribution in [-0.4, -0.2) is 16.2 Å². The molecular formula is C10H8BrNO3. The molecule has 4 nitrogen and oxygen atoms in total. The maximum Gasteiger partial charge on any atom is 0.337 e. The van der Waals surface area contributed by atoms with Crippen LogP contribution < -0.4 is 0 Å². The summed E-state index contributed by atoms with van der Waals surface area (Å²) in [5.41, 5.74) is 1.34. The number of halogens is 1. The van der Waals surface area contributed by atoms with Crippen molar-refractivity contribution in [2.24, 2.45) is 0 Å². The molecule has 0 spiro atoms. The zero-order valence-electron chi connectivity index (χ0n) is 7.64. The van der Waals surface area contributed by atoms with Gasteiger partial charge >= 0.3 is 5.97 Å². The molecular weight excluding hydrogens is 262 g/mol. The average molecular weight is 270 g/mol. The molecule has 0 radical (unpaired) electrons. The Labute approximate surface area is 94.9 Å². The lowest BCUT2D eigenvalue weighted by molar-refractivity contribution is -0.146. The minimum atomic E-state index is -1.58. The van der Waals surface area contributed by atoms with Crippen LogP contribution in [0.5, 0.6) is 0 Å². The van der Waals surface area contributed by atoms with Crippen LogP contribution in [0.1, 0.15) is 22.8 Å². The van der Waals surface area contributed by atoms with Gasteiger partial charge in [0.05, 0.1) is 11.6 Å². The number of nitrogens with zero attached hydrogens (tertiary/aromatic N) is 1. The van der Waals surface area contributed by atoms with E-state index in [0.29, 0.717) is 10.9 Å². The molecule has 0 aliphatic heterocycles. The molecule has 0 fully saturated rings. The van der Waals surface area contributed by atoms with Crippen LogP contribution in [0.4, 0.5) is 0 Å². The van der Waals surface area contributed by atoms with Crippen molar-refractivity contribution in [3.05, 3.63) is 34.9 Å². The Balaban J connectivity index is 3.15. The highest BCUT2D eigenvalue weighted by Gasteiger charge is 2.16.